The zero-order valence-corrected chi connectivity index (χ0v) is 15.1. The zero-order valence-electron chi connectivity index (χ0n) is 14.3. The third-order valence-electron chi connectivity index (χ3n) is 5.28. The van der Waals surface area contributed by atoms with Crippen molar-refractivity contribution < 1.29 is 13.3 Å². The lowest BCUT2D eigenvalue weighted by molar-refractivity contribution is -0.385. The number of nitro groups is 1. The van der Waals surface area contributed by atoms with Crippen LogP contribution in [-0.2, 0) is 23.0 Å². The molecule has 0 amide bonds. The molecule has 2 aromatic rings. The van der Waals surface area contributed by atoms with E-state index in [2.05, 4.69) is 11.0 Å². The minimum absolute atomic E-state index is 0.0113. The summed E-state index contributed by atoms with van der Waals surface area (Å²) in [5, 5.41) is 11.0. The van der Waals surface area contributed by atoms with E-state index in [-0.39, 0.29) is 16.6 Å². The highest BCUT2D eigenvalue weighted by Gasteiger charge is 2.38. The van der Waals surface area contributed by atoms with Gasteiger partial charge in [0.15, 0.2) is 0 Å². The minimum Gasteiger partial charge on any atom is -0.298 e. The average Bonchev–Trinajstić information content (AvgIpc) is 2.64. The molecule has 7 nitrogen and oxygen atoms in total. The van der Waals surface area contributed by atoms with E-state index in [1.165, 1.54) is 33.6 Å². The number of nitrogens with zero attached hydrogens (tertiary/aromatic N) is 3. The molecule has 0 aromatic heterocycles. The van der Waals surface area contributed by atoms with Crippen LogP contribution in [0.5, 0.6) is 0 Å². The predicted molar refractivity (Wildman–Crippen MR) is 96.2 cm³/mol. The SMILES string of the molecule is CN1CCc2cccc3c2C1CN(S(=O)(=O)c1cccc([N+](=O)[O-])c1)C3. The summed E-state index contributed by atoms with van der Waals surface area (Å²) in [6, 6.07) is 11.3. The van der Waals surface area contributed by atoms with Crippen molar-refractivity contribution in [2.45, 2.75) is 23.9 Å². The second-order valence-corrected chi connectivity index (χ2v) is 8.73. The number of hydrogen-bond donors (Lipinski definition) is 0. The van der Waals surface area contributed by atoms with Gasteiger partial charge in [-0.15, -0.1) is 0 Å². The molecule has 26 heavy (non-hydrogen) atoms. The smallest absolute Gasteiger partial charge is 0.270 e. The van der Waals surface area contributed by atoms with Crippen LogP contribution < -0.4 is 0 Å². The van der Waals surface area contributed by atoms with Crippen LogP contribution in [0.25, 0.3) is 0 Å². The standard InChI is InChI=1S/C18H19N3O4S/c1-19-9-8-13-4-2-5-14-11-20(12-17(19)18(13)14)26(24,25)16-7-3-6-15(10-16)21(22)23/h2-7,10,17H,8-9,11-12H2,1H3. The Hall–Kier alpha value is -2.29. The predicted octanol–water partition coefficient (Wildman–Crippen LogP) is 2.33. The van der Waals surface area contributed by atoms with Crippen molar-refractivity contribution in [3.8, 4) is 0 Å². The zero-order chi connectivity index (χ0) is 18.5. The van der Waals surface area contributed by atoms with Gasteiger partial charge in [0.2, 0.25) is 10.0 Å². The van der Waals surface area contributed by atoms with Gasteiger partial charge in [-0.05, 0) is 36.2 Å². The Morgan fingerprint density at radius 3 is 2.65 bits per heavy atom. The van der Waals surface area contributed by atoms with Gasteiger partial charge < -0.3 is 0 Å². The molecule has 2 aliphatic rings. The van der Waals surface area contributed by atoms with Gasteiger partial charge in [-0.1, -0.05) is 24.3 Å². The van der Waals surface area contributed by atoms with E-state index in [9.17, 15) is 18.5 Å². The first-order valence-electron chi connectivity index (χ1n) is 8.43. The monoisotopic (exact) mass is 373 g/mol. The van der Waals surface area contributed by atoms with E-state index < -0.39 is 14.9 Å². The second kappa shape index (κ2) is 6.15. The lowest BCUT2D eigenvalue weighted by atomic mass is 9.86. The highest BCUT2D eigenvalue weighted by molar-refractivity contribution is 7.89. The fraction of sp³-hybridized carbons (Fsp3) is 0.333. The number of non-ortho nitro benzene ring substituents is 1. The normalized spacial score (nSPS) is 20.6. The Balaban J connectivity index is 1.75. The lowest BCUT2D eigenvalue weighted by Crippen LogP contribution is -2.46. The summed E-state index contributed by atoms with van der Waals surface area (Å²) in [5.41, 5.74) is 3.32. The highest BCUT2D eigenvalue weighted by atomic mass is 32.2. The van der Waals surface area contributed by atoms with Crippen molar-refractivity contribution in [1.82, 2.24) is 9.21 Å². The summed E-state index contributed by atoms with van der Waals surface area (Å²) >= 11 is 0. The van der Waals surface area contributed by atoms with Crippen molar-refractivity contribution in [3.63, 3.8) is 0 Å². The summed E-state index contributed by atoms with van der Waals surface area (Å²) in [6.07, 6.45) is 0.966. The van der Waals surface area contributed by atoms with E-state index in [1.807, 2.05) is 19.2 Å². The van der Waals surface area contributed by atoms with Crippen molar-refractivity contribution in [2.75, 3.05) is 20.1 Å². The first-order valence-corrected chi connectivity index (χ1v) is 9.87. The third kappa shape index (κ3) is 2.70. The maximum atomic E-state index is 13.1. The molecule has 1 atom stereocenters. The van der Waals surface area contributed by atoms with Crippen molar-refractivity contribution in [2.24, 2.45) is 0 Å². The Labute approximate surface area is 152 Å². The number of hydrogen-bond acceptors (Lipinski definition) is 5. The van der Waals surface area contributed by atoms with Crippen LogP contribution in [0, 0.1) is 10.1 Å². The van der Waals surface area contributed by atoms with Crippen LogP contribution in [0.3, 0.4) is 0 Å². The molecule has 0 spiro atoms. The number of likely N-dealkylation sites (N-methyl/N-ethyl adjacent to an activating group) is 1. The summed E-state index contributed by atoms with van der Waals surface area (Å²) in [6.45, 7) is 1.52. The summed E-state index contributed by atoms with van der Waals surface area (Å²) in [4.78, 5) is 12.6. The van der Waals surface area contributed by atoms with E-state index in [1.54, 1.807) is 0 Å². The van der Waals surface area contributed by atoms with Gasteiger partial charge in [-0.2, -0.15) is 4.31 Å². The summed E-state index contributed by atoms with van der Waals surface area (Å²) in [7, 11) is -1.81. The molecular formula is C18H19N3O4S. The van der Waals surface area contributed by atoms with Crippen LogP contribution in [0.1, 0.15) is 22.7 Å². The topological polar surface area (TPSA) is 83.8 Å². The third-order valence-corrected chi connectivity index (χ3v) is 7.08. The number of benzene rings is 2. The van der Waals surface area contributed by atoms with E-state index in [0.29, 0.717) is 13.1 Å². The fourth-order valence-corrected chi connectivity index (χ4v) is 5.36. The highest BCUT2D eigenvalue weighted by Crippen LogP contribution is 2.38. The molecule has 0 bridgehead atoms. The number of sulfonamides is 1. The van der Waals surface area contributed by atoms with Gasteiger partial charge >= 0.3 is 0 Å². The Kier molecular flexibility index (Phi) is 4.06. The van der Waals surface area contributed by atoms with Gasteiger partial charge in [0.1, 0.15) is 0 Å². The average molecular weight is 373 g/mol. The van der Waals surface area contributed by atoms with Crippen LogP contribution in [-0.4, -0.2) is 42.7 Å². The molecule has 0 saturated heterocycles. The largest absolute Gasteiger partial charge is 0.298 e. The summed E-state index contributed by atoms with van der Waals surface area (Å²) in [5.74, 6) is 0. The van der Waals surface area contributed by atoms with E-state index in [0.717, 1.165) is 24.6 Å². The van der Waals surface area contributed by atoms with Crippen LogP contribution in [0.2, 0.25) is 0 Å². The van der Waals surface area contributed by atoms with Crippen molar-refractivity contribution >= 4 is 15.7 Å². The van der Waals surface area contributed by atoms with Gasteiger partial charge in [0.25, 0.3) is 5.69 Å². The maximum Gasteiger partial charge on any atom is 0.270 e. The second-order valence-electron chi connectivity index (χ2n) is 6.79. The molecule has 0 saturated carbocycles. The van der Waals surface area contributed by atoms with E-state index >= 15 is 0 Å². The molecule has 2 aliphatic heterocycles. The maximum absolute atomic E-state index is 13.1. The van der Waals surface area contributed by atoms with Gasteiger partial charge in [0, 0.05) is 37.8 Å². The summed E-state index contributed by atoms with van der Waals surface area (Å²) < 4.78 is 27.7. The minimum atomic E-state index is -3.81. The Bertz CT molecular complexity index is 990. The molecule has 2 aromatic carbocycles. The first kappa shape index (κ1) is 17.1. The molecule has 8 heteroatoms. The van der Waals surface area contributed by atoms with Gasteiger partial charge in [-0.3, -0.25) is 15.0 Å². The molecule has 1 unspecified atom stereocenters. The number of rotatable bonds is 3. The van der Waals surface area contributed by atoms with Crippen molar-refractivity contribution in [1.29, 1.82) is 0 Å². The molecule has 0 radical (unpaired) electrons. The number of nitro benzene ring substituents is 1. The first-order chi connectivity index (χ1) is 12.4. The molecule has 136 valence electrons. The van der Waals surface area contributed by atoms with Crippen LogP contribution >= 0.6 is 0 Å². The molecule has 0 fully saturated rings. The molecule has 2 heterocycles. The van der Waals surface area contributed by atoms with Crippen molar-refractivity contribution in [3.05, 3.63) is 69.3 Å². The Morgan fingerprint density at radius 2 is 1.88 bits per heavy atom. The molecule has 4 rings (SSSR count). The Morgan fingerprint density at radius 1 is 1.15 bits per heavy atom. The van der Waals surface area contributed by atoms with Crippen LogP contribution in [0.15, 0.2) is 47.4 Å². The van der Waals surface area contributed by atoms with Gasteiger partial charge in [0.05, 0.1) is 9.82 Å². The van der Waals surface area contributed by atoms with Crippen LogP contribution in [0.4, 0.5) is 5.69 Å². The molecular weight excluding hydrogens is 354 g/mol. The lowest BCUT2D eigenvalue weighted by Gasteiger charge is -2.42. The van der Waals surface area contributed by atoms with Gasteiger partial charge in [-0.25, -0.2) is 8.42 Å². The molecule has 0 aliphatic carbocycles. The van der Waals surface area contributed by atoms with E-state index in [4.69, 9.17) is 0 Å². The fourth-order valence-electron chi connectivity index (χ4n) is 3.89. The molecule has 0 N–H and O–H groups in total. The quantitative estimate of drug-likeness (QED) is 0.609.